The fraction of sp³-hybridized carbons (Fsp3) is 0.409. The van der Waals surface area contributed by atoms with E-state index in [1.165, 1.54) is 9.13 Å². The highest BCUT2D eigenvalue weighted by Crippen LogP contribution is 2.26. The Hall–Kier alpha value is -3.09. The van der Waals surface area contributed by atoms with Crippen molar-refractivity contribution in [1.82, 2.24) is 23.1 Å². The summed E-state index contributed by atoms with van der Waals surface area (Å²) >= 11 is 0. The number of hydrogen-bond acceptors (Lipinski definition) is 3. The first-order valence-corrected chi connectivity index (χ1v) is 10.1. The van der Waals surface area contributed by atoms with Gasteiger partial charge in [-0.3, -0.25) is 18.3 Å². The minimum Gasteiger partial charge on any atom is -0.309 e. The van der Waals surface area contributed by atoms with Crippen molar-refractivity contribution in [3.8, 4) is 11.3 Å². The number of fused-ring (bicyclic) bond motifs is 3. The van der Waals surface area contributed by atoms with Gasteiger partial charge >= 0.3 is 5.69 Å². The number of nitrogens with zero attached hydrogens (tertiary/aromatic N) is 5. The Bertz CT molecular complexity index is 1300. The molecule has 0 spiro atoms. The fourth-order valence-electron chi connectivity index (χ4n) is 3.85. The molecule has 4 rings (SSSR count). The summed E-state index contributed by atoms with van der Waals surface area (Å²) in [5.74, 6) is 1.27. The Morgan fingerprint density at radius 2 is 1.55 bits per heavy atom. The van der Waals surface area contributed by atoms with Crippen LogP contribution in [0.1, 0.15) is 27.7 Å². The number of aryl methyl sites for hydroxylation is 1. The van der Waals surface area contributed by atoms with E-state index in [4.69, 9.17) is 4.98 Å². The molecule has 3 aromatic heterocycles. The molecular formula is C22H27N5O2. The van der Waals surface area contributed by atoms with Gasteiger partial charge in [0.25, 0.3) is 5.56 Å². The van der Waals surface area contributed by atoms with Gasteiger partial charge in [0.2, 0.25) is 5.78 Å². The third-order valence-electron chi connectivity index (χ3n) is 5.11. The van der Waals surface area contributed by atoms with E-state index in [0.717, 1.165) is 17.8 Å². The van der Waals surface area contributed by atoms with E-state index in [0.29, 0.717) is 29.4 Å². The number of rotatable bonds is 5. The van der Waals surface area contributed by atoms with Crippen LogP contribution in [-0.4, -0.2) is 23.1 Å². The summed E-state index contributed by atoms with van der Waals surface area (Å²) in [7, 11) is 1.68. The third-order valence-corrected chi connectivity index (χ3v) is 5.11. The summed E-state index contributed by atoms with van der Waals surface area (Å²) in [5, 5.41) is 0. The average molecular weight is 393 g/mol. The second-order valence-corrected chi connectivity index (χ2v) is 8.49. The van der Waals surface area contributed by atoms with Gasteiger partial charge in [0.15, 0.2) is 11.2 Å². The molecule has 7 heteroatoms. The number of imidazole rings is 2. The van der Waals surface area contributed by atoms with Gasteiger partial charge in [-0.25, -0.2) is 4.79 Å². The third kappa shape index (κ3) is 3.10. The molecule has 1 aromatic carbocycles. The molecule has 0 saturated heterocycles. The molecule has 0 aliphatic heterocycles. The van der Waals surface area contributed by atoms with Crippen molar-refractivity contribution in [2.45, 2.75) is 40.8 Å². The van der Waals surface area contributed by atoms with Gasteiger partial charge in [0.05, 0.1) is 5.69 Å². The summed E-state index contributed by atoms with van der Waals surface area (Å²) in [5.41, 5.74) is 2.34. The Balaban J connectivity index is 2.10. The van der Waals surface area contributed by atoms with E-state index < -0.39 is 0 Å². The monoisotopic (exact) mass is 393 g/mol. The first kappa shape index (κ1) is 19.2. The van der Waals surface area contributed by atoms with E-state index in [1.54, 1.807) is 7.05 Å². The Labute approximate surface area is 168 Å². The second-order valence-electron chi connectivity index (χ2n) is 8.49. The normalized spacial score (nSPS) is 12.1. The maximum Gasteiger partial charge on any atom is 0.332 e. The fourth-order valence-corrected chi connectivity index (χ4v) is 3.85. The molecule has 0 radical (unpaired) electrons. The van der Waals surface area contributed by atoms with Crippen molar-refractivity contribution in [3.05, 3.63) is 57.4 Å². The van der Waals surface area contributed by atoms with Crippen LogP contribution in [0.3, 0.4) is 0 Å². The molecule has 3 heterocycles. The zero-order valence-electron chi connectivity index (χ0n) is 17.6. The number of hydrogen-bond donors (Lipinski definition) is 0. The molecule has 4 aromatic rings. The molecule has 0 amide bonds. The van der Waals surface area contributed by atoms with Gasteiger partial charge in [0, 0.05) is 26.3 Å². The largest absolute Gasteiger partial charge is 0.332 e. The quantitative estimate of drug-likeness (QED) is 0.523. The Morgan fingerprint density at radius 3 is 2.17 bits per heavy atom. The molecule has 0 N–H and O–H groups in total. The summed E-state index contributed by atoms with van der Waals surface area (Å²) in [6, 6.07) is 10.1. The molecule has 0 unspecified atom stereocenters. The van der Waals surface area contributed by atoms with Crippen molar-refractivity contribution in [1.29, 1.82) is 0 Å². The van der Waals surface area contributed by atoms with Crippen molar-refractivity contribution in [2.24, 2.45) is 18.9 Å². The van der Waals surface area contributed by atoms with Crippen LogP contribution in [0.25, 0.3) is 28.2 Å². The van der Waals surface area contributed by atoms with Crippen molar-refractivity contribution < 1.29 is 0 Å². The summed E-state index contributed by atoms with van der Waals surface area (Å²) in [6.07, 6.45) is 1.97. The lowest BCUT2D eigenvalue weighted by Gasteiger charge is -2.11. The van der Waals surface area contributed by atoms with Gasteiger partial charge in [-0.15, -0.1) is 0 Å². The maximum atomic E-state index is 13.3. The minimum atomic E-state index is -0.323. The first-order chi connectivity index (χ1) is 13.8. The lowest BCUT2D eigenvalue weighted by Crippen LogP contribution is -2.40. The maximum absolute atomic E-state index is 13.3. The molecular weight excluding hydrogens is 366 g/mol. The Morgan fingerprint density at radius 1 is 0.931 bits per heavy atom. The number of benzene rings is 1. The highest BCUT2D eigenvalue weighted by atomic mass is 16.2. The molecule has 0 bridgehead atoms. The van der Waals surface area contributed by atoms with Crippen molar-refractivity contribution in [2.75, 3.05) is 0 Å². The van der Waals surface area contributed by atoms with Gasteiger partial charge in [0.1, 0.15) is 0 Å². The minimum absolute atomic E-state index is 0.187. The molecule has 0 aliphatic rings. The predicted octanol–water partition coefficient (Wildman–Crippen LogP) is 3.13. The van der Waals surface area contributed by atoms with Gasteiger partial charge < -0.3 is 4.57 Å². The van der Waals surface area contributed by atoms with Crippen LogP contribution in [-0.2, 0) is 20.1 Å². The standard InChI is InChI=1S/C22H27N5O2/c1-14(2)11-25-17(16-9-7-6-8-10-16)13-26-18-19(23-21(25)26)24(5)22(29)27(20(18)28)12-15(3)4/h6-10,13-15H,11-12H2,1-5H3. The highest BCUT2D eigenvalue weighted by molar-refractivity contribution is 5.78. The van der Waals surface area contributed by atoms with Crippen LogP contribution in [0.4, 0.5) is 0 Å². The van der Waals surface area contributed by atoms with Crippen LogP contribution in [0.2, 0.25) is 0 Å². The zero-order chi connectivity index (χ0) is 20.9. The van der Waals surface area contributed by atoms with Crippen LogP contribution in [0.5, 0.6) is 0 Å². The van der Waals surface area contributed by atoms with E-state index in [-0.39, 0.29) is 17.2 Å². The summed E-state index contributed by atoms with van der Waals surface area (Å²) < 4.78 is 6.78. The van der Waals surface area contributed by atoms with Crippen LogP contribution >= 0.6 is 0 Å². The van der Waals surface area contributed by atoms with Gasteiger partial charge in [-0.05, 0) is 17.4 Å². The van der Waals surface area contributed by atoms with Crippen molar-refractivity contribution >= 4 is 16.9 Å². The van der Waals surface area contributed by atoms with Gasteiger partial charge in [-0.1, -0.05) is 58.0 Å². The molecule has 29 heavy (non-hydrogen) atoms. The topological polar surface area (TPSA) is 66.2 Å². The first-order valence-electron chi connectivity index (χ1n) is 10.1. The molecule has 0 aliphatic carbocycles. The van der Waals surface area contributed by atoms with E-state index >= 15 is 0 Å². The molecule has 152 valence electrons. The number of aromatic nitrogens is 5. The van der Waals surface area contributed by atoms with Crippen LogP contribution in [0, 0.1) is 11.8 Å². The molecule has 0 saturated carbocycles. The summed E-state index contributed by atoms with van der Waals surface area (Å²) in [4.78, 5) is 30.8. The van der Waals surface area contributed by atoms with Crippen molar-refractivity contribution in [3.63, 3.8) is 0 Å². The lowest BCUT2D eigenvalue weighted by atomic mass is 10.1. The van der Waals surface area contributed by atoms with Crippen LogP contribution < -0.4 is 11.2 Å². The highest BCUT2D eigenvalue weighted by Gasteiger charge is 2.22. The summed E-state index contributed by atoms with van der Waals surface area (Å²) in [6.45, 7) is 9.44. The van der Waals surface area contributed by atoms with E-state index in [1.807, 2.05) is 42.6 Å². The predicted molar refractivity (Wildman–Crippen MR) is 115 cm³/mol. The van der Waals surface area contributed by atoms with Gasteiger partial charge in [-0.2, -0.15) is 4.98 Å². The smallest absolute Gasteiger partial charge is 0.309 e. The Kier molecular flexibility index (Phi) is 4.68. The lowest BCUT2D eigenvalue weighted by molar-refractivity contribution is 0.484. The average Bonchev–Trinajstić information content (AvgIpc) is 3.21. The molecule has 0 atom stereocenters. The zero-order valence-corrected chi connectivity index (χ0v) is 17.6. The second kappa shape index (κ2) is 7.06. The van der Waals surface area contributed by atoms with E-state index in [2.05, 4.69) is 30.5 Å². The van der Waals surface area contributed by atoms with E-state index in [9.17, 15) is 9.59 Å². The SMILES string of the molecule is CC(C)Cn1c(=O)c2c(nc3n(CC(C)C)c(-c4ccccc4)cn23)n(C)c1=O. The van der Waals surface area contributed by atoms with Crippen LogP contribution in [0.15, 0.2) is 46.1 Å². The molecule has 7 nitrogen and oxygen atoms in total. The molecule has 0 fully saturated rings.